The molecule has 0 saturated heterocycles. The number of hydrogen-bond donors (Lipinski definition) is 4. The van der Waals surface area contributed by atoms with E-state index in [1.807, 2.05) is 0 Å². The molecular weight excluding hydrogens is 416 g/mol. The minimum absolute atomic E-state index is 0.0573. The van der Waals surface area contributed by atoms with E-state index in [1.165, 1.54) is 36.4 Å². The minimum atomic E-state index is -3.74. The maximum atomic E-state index is 12.5. The Balaban J connectivity index is 1.46. The van der Waals surface area contributed by atoms with Crippen LogP contribution in [0, 0.1) is 0 Å². The number of sulfonamides is 1. The minimum Gasteiger partial charge on any atom is -0.507 e. The van der Waals surface area contributed by atoms with E-state index in [-0.39, 0.29) is 16.3 Å². The van der Waals surface area contributed by atoms with E-state index in [0.29, 0.717) is 22.6 Å². The molecule has 4 N–H and O–H groups in total. The van der Waals surface area contributed by atoms with Gasteiger partial charge in [-0.25, -0.2) is 8.42 Å². The highest BCUT2D eigenvalue weighted by Gasteiger charge is 2.16. The van der Waals surface area contributed by atoms with E-state index < -0.39 is 15.9 Å². The zero-order chi connectivity index (χ0) is 21.8. The molecule has 4 aromatic rings. The number of rotatable bonds is 6. The van der Waals surface area contributed by atoms with E-state index in [2.05, 4.69) is 20.2 Å². The topological polar surface area (TPSA) is 124 Å². The van der Waals surface area contributed by atoms with Crippen LogP contribution in [0.4, 0.5) is 11.4 Å². The summed E-state index contributed by atoms with van der Waals surface area (Å²) in [5.74, 6) is -0.394. The summed E-state index contributed by atoms with van der Waals surface area (Å²) >= 11 is 0. The average Bonchev–Trinajstić information content (AvgIpc) is 3.25. The zero-order valence-corrected chi connectivity index (χ0v) is 16.9. The number of aromatic nitrogens is 2. The maximum absolute atomic E-state index is 12.5. The highest BCUT2D eigenvalue weighted by molar-refractivity contribution is 7.92. The highest BCUT2D eigenvalue weighted by Crippen LogP contribution is 2.27. The Bertz CT molecular complexity index is 1320. The second-order valence-electron chi connectivity index (χ2n) is 6.63. The van der Waals surface area contributed by atoms with E-state index >= 15 is 0 Å². The number of phenols is 1. The Labute approximate surface area is 178 Å². The van der Waals surface area contributed by atoms with Crippen molar-refractivity contribution in [1.82, 2.24) is 10.2 Å². The molecular formula is C22H18N4O4S. The van der Waals surface area contributed by atoms with Crippen LogP contribution in [0.1, 0.15) is 10.5 Å². The van der Waals surface area contributed by atoms with Crippen LogP contribution in [0.15, 0.2) is 89.8 Å². The number of nitrogens with one attached hydrogen (secondary N) is 3. The Kier molecular flexibility index (Phi) is 5.42. The fourth-order valence-electron chi connectivity index (χ4n) is 2.90. The van der Waals surface area contributed by atoms with Crippen LogP contribution in [0.2, 0.25) is 0 Å². The third-order valence-corrected chi connectivity index (χ3v) is 5.85. The molecule has 1 amide bonds. The quantitative estimate of drug-likeness (QED) is 0.367. The predicted molar refractivity (Wildman–Crippen MR) is 117 cm³/mol. The van der Waals surface area contributed by atoms with Crippen molar-refractivity contribution in [3.8, 4) is 17.0 Å². The zero-order valence-electron chi connectivity index (χ0n) is 16.1. The first-order chi connectivity index (χ1) is 14.9. The Morgan fingerprint density at radius 3 is 2.26 bits per heavy atom. The molecule has 4 rings (SSSR count). The number of amides is 1. The molecule has 0 aliphatic carbocycles. The van der Waals surface area contributed by atoms with Gasteiger partial charge in [0.25, 0.3) is 15.9 Å². The largest absolute Gasteiger partial charge is 0.507 e. The summed E-state index contributed by atoms with van der Waals surface area (Å²) in [4.78, 5) is 12.6. The van der Waals surface area contributed by atoms with Gasteiger partial charge >= 0.3 is 0 Å². The van der Waals surface area contributed by atoms with Crippen molar-refractivity contribution >= 4 is 27.3 Å². The van der Waals surface area contributed by atoms with Gasteiger partial charge in [0.2, 0.25) is 0 Å². The van der Waals surface area contributed by atoms with Crippen LogP contribution in [0.25, 0.3) is 11.3 Å². The molecule has 156 valence electrons. The molecule has 3 aromatic carbocycles. The smallest absolute Gasteiger partial charge is 0.273 e. The normalized spacial score (nSPS) is 11.1. The van der Waals surface area contributed by atoms with Gasteiger partial charge in [0.15, 0.2) is 0 Å². The SMILES string of the molecule is O=C(Nc1ccc(S(=O)(=O)Nc2ccccc2)cc1)c1cc(-c2ccccc2O)n[nH]1. The van der Waals surface area contributed by atoms with E-state index in [4.69, 9.17) is 0 Å². The molecule has 0 spiro atoms. The highest BCUT2D eigenvalue weighted by atomic mass is 32.2. The van der Waals surface area contributed by atoms with Gasteiger partial charge in [-0.05, 0) is 54.6 Å². The van der Waals surface area contributed by atoms with E-state index in [9.17, 15) is 18.3 Å². The van der Waals surface area contributed by atoms with Crippen molar-refractivity contribution in [2.24, 2.45) is 0 Å². The summed E-state index contributed by atoms with van der Waals surface area (Å²) in [6, 6.07) is 22.6. The Morgan fingerprint density at radius 2 is 1.55 bits per heavy atom. The lowest BCUT2D eigenvalue weighted by atomic mass is 10.1. The number of nitrogens with zero attached hydrogens (tertiary/aromatic N) is 1. The number of H-pyrrole nitrogens is 1. The number of hydrogen-bond acceptors (Lipinski definition) is 5. The lowest BCUT2D eigenvalue weighted by molar-refractivity contribution is 0.102. The van der Waals surface area contributed by atoms with Gasteiger partial charge < -0.3 is 10.4 Å². The summed E-state index contributed by atoms with van der Waals surface area (Å²) in [6.45, 7) is 0. The van der Waals surface area contributed by atoms with Gasteiger partial charge in [0, 0.05) is 16.9 Å². The molecule has 9 heteroatoms. The van der Waals surface area contributed by atoms with Crippen LogP contribution in [0.3, 0.4) is 0 Å². The summed E-state index contributed by atoms with van der Waals surface area (Å²) in [5.41, 5.74) is 2.00. The monoisotopic (exact) mass is 434 g/mol. The van der Waals surface area contributed by atoms with E-state index in [0.717, 1.165) is 0 Å². The number of carbonyl (C=O) groups excluding carboxylic acids is 1. The summed E-state index contributed by atoms with van der Waals surface area (Å²) < 4.78 is 27.5. The molecule has 0 radical (unpaired) electrons. The van der Waals surface area contributed by atoms with Crippen LogP contribution in [0.5, 0.6) is 5.75 Å². The predicted octanol–water partition coefficient (Wildman–Crippen LogP) is 3.84. The molecule has 1 heterocycles. The fraction of sp³-hybridized carbons (Fsp3) is 0. The second-order valence-corrected chi connectivity index (χ2v) is 8.32. The molecule has 0 atom stereocenters. The van der Waals surface area contributed by atoms with Gasteiger partial charge in [0.1, 0.15) is 11.4 Å². The molecule has 0 unspecified atom stereocenters. The van der Waals surface area contributed by atoms with Crippen LogP contribution >= 0.6 is 0 Å². The number of para-hydroxylation sites is 2. The van der Waals surface area contributed by atoms with Crippen molar-refractivity contribution in [2.75, 3.05) is 10.0 Å². The summed E-state index contributed by atoms with van der Waals surface area (Å²) in [6.07, 6.45) is 0. The van der Waals surface area contributed by atoms with Gasteiger partial charge in [0.05, 0.1) is 10.6 Å². The maximum Gasteiger partial charge on any atom is 0.273 e. The molecule has 0 aliphatic heterocycles. The molecule has 31 heavy (non-hydrogen) atoms. The average molecular weight is 434 g/mol. The molecule has 0 aliphatic rings. The van der Waals surface area contributed by atoms with Gasteiger partial charge in [-0.1, -0.05) is 30.3 Å². The van der Waals surface area contributed by atoms with Gasteiger partial charge in [-0.2, -0.15) is 5.10 Å². The number of aromatic hydroxyl groups is 1. The third-order valence-electron chi connectivity index (χ3n) is 4.45. The van der Waals surface area contributed by atoms with E-state index in [1.54, 1.807) is 48.5 Å². The standard InChI is InChI=1S/C22H18N4O4S/c27-21-9-5-4-8-18(21)19-14-20(25-24-19)22(28)23-15-10-12-17(13-11-15)31(29,30)26-16-6-2-1-3-7-16/h1-14,26-27H,(H,23,28)(H,24,25). The molecule has 0 bridgehead atoms. The second kappa shape index (κ2) is 8.33. The number of anilines is 2. The first-order valence-corrected chi connectivity index (χ1v) is 10.7. The lowest BCUT2D eigenvalue weighted by Crippen LogP contribution is -2.14. The van der Waals surface area contributed by atoms with Crippen molar-refractivity contribution in [3.05, 3.63) is 90.6 Å². The molecule has 0 fully saturated rings. The van der Waals surface area contributed by atoms with Gasteiger partial charge in [-0.3, -0.25) is 14.6 Å². The molecule has 8 nitrogen and oxygen atoms in total. The number of carbonyl (C=O) groups is 1. The molecule has 0 saturated carbocycles. The van der Waals surface area contributed by atoms with Gasteiger partial charge in [-0.15, -0.1) is 0 Å². The van der Waals surface area contributed by atoms with Crippen LogP contribution < -0.4 is 10.0 Å². The van der Waals surface area contributed by atoms with Crippen LogP contribution in [-0.4, -0.2) is 29.6 Å². The van der Waals surface area contributed by atoms with Crippen molar-refractivity contribution < 1.29 is 18.3 Å². The fourth-order valence-corrected chi connectivity index (χ4v) is 3.96. The Morgan fingerprint density at radius 1 is 0.871 bits per heavy atom. The summed E-state index contributed by atoms with van der Waals surface area (Å²) in [7, 11) is -3.74. The lowest BCUT2D eigenvalue weighted by Gasteiger charge is -2.09. The number of aromatic amines is 1. The summed E-state index contributed by atoms with van der Waals surface area (Å²) in [5, 5.41) is 19.3. The van der Waals surface area contributed by atoms with Crippen LogP contribution in [-0.2, 0) is 10.0 Å². The van der Waals surface area contributed by atoms with Crippen molar-refractivity contribution in [3.63, 3.8) is 0 Å². The molecule has 1 aromatic heterocycles. The number of phenolic OH excluding ortho intramolecular Hbond substituents is 1. The van der Waals surface area contributed by atoms with Crippen molar-refractivity contribution in [2.45, 2.75) is 4.90 Å². The Hall–Kier alpha value is -4.11. The first-order valence-electron chi connectivity index (χ1n) is 9.25. The number of benzene rings is 3. The first kappa shape index (κ1) is 20.2. The van der Waals surface area contributed by atoms with Crippen molar-refractivity contribution in [1.29, 1.82) is 0 Å². The third kappa shape index (κ3) is 4.57.